The Hall–Kier alpha value is -7.84. The molecular weight excluding hydrogens is 717 g/mol. The molecule has 8 heteroatoms. The number of fused-ring (bicyclic) bond motifs is 2. The van der Waals surface area contributed by atoms with Crippen molar-refractivity contribution < 1.29 is 9.59 Å². The number of hydrogen-bond donors (Lipinski definition) is 2. The van der Waals surface area contributed by atoms with Crippen LogP contribution in [0.3, 0.4) is 0 Å². The van der Waals surface area contributed by atoms with Gasteiger partial charge in [0.1, 0.15) is 0 Å². The van der Waals surface area contributed by atoms with E-state index < -0.39 is 0 Å². The monoisotopic (exact) mass is 752 g/mol. The highest BCUT2D eigenvalue weighted by Crippen LogP contribution is 2.34. The molecular formula is C50H36N6O2. The molecule has 0 unspecified atom stereocenters. The molecule has 0 spiro atoms. The predicted octanol–water partition coefficient (Wildman–Crippen LogP) is 10.6. The highest BCUT2D eigenvalue weighted by atomic mass is 16.2. The molecule has 0 atom stereocenters. The maximum Gasteiger partial charge on any atom is 0.228 e. The van der Waals surface area contributed by atoms with E-state index in [0.29, 0.717) is 35.9 Å². The van der Waals surface area contributed by atoms with E-state index in [1.54, 1.807) is 0 Å². The first kappa shape index (κ1) is 35.8. The van der Waals surface area contributed by atoms with Gasteiger partial charge in [0.15, 0.2) is 11.6 Å². The van der Waals surface area contributed by atoms with Crippen LogP contribution in [0.2, 0.25) is 0 Å². The fraction of sp³-hybridized carbons (Fsp3) is 0.0400. The largest absolute Gasteiger partial charge is 0.326 e. The van der Waals surface area contributed by atoms with Gasteiger partial charge in [0.05, 0.1) is 35.3 Å². The van der Waals surface area contributed by atoms with Crippen LogP contribution in [-0.2, 0) is 22.4 Å². The van der Waals surface area contributed by atoms with E-state index in [-0.39, 0.29) is 11.8 Å². The van der Waals surface area contributed by atoms with Crippen molar-refractivity contribution in [1.29, 1.82) is 0 Å². The quantitative estimate of drug-likeness (QED) is 0.144. The van der Waals surface area contributed by atoms with Crippen molar-refractivity contribution in [3.05, 3.63) is 193 Å². The number of rotatable bonds is 10. The van der Waals surface area contributed by atoms with Gasteiger partial charge in [-0.05, 0) is 71.8 Å². The standard InChI is InChI=1S/C50H36N6O2/c57-45(31-33-11-3-1-4-12-33)51-39-27-23-37(24-28-39)49-53-43-17-9-7-15-41(43)47(55-49)35-19-21-36(22-20-35)48-42-16-8-10-18-44(42)54-50(56-48)38-25-29-40(30-26-38)52-46(58)32-34-13-5-2-6-14-34/h1-30H,31-32H2,(H,51,57)(H,52,58). The zero-order valence-electron chi connectivity index (χ0n) is 31.3. The van der Waals surface area contributed by atoms with Crippen molar-refractivity contribution >= 4 is 45.0 Å². The van der Waals surface area contributed by atoms with E-state index in [2.05, 4.69) is 34.9 Å². The van der Waals surface area contributed by atoms with Crippen LogP contribution in [0.5, 0.6) is 0 Å². The van der Waals surface area contributed by atoms with Gasteiger partial charge in [0.2, 0.25) is 11.8 Å². The SMILES string of the molecule is O=C(Cc1ccccc1)Nc1ccc(-c2nc(-c3ccc(-c4nc(-c5ccc(NC(=O)Cc6ccccc6)cc5)nc5ccccc45)cc3)c3ccccc3n2)cc1. The summed E-state index contributed by atoms with van der Waals surface area (Å²) in [6.07, 6.45) is 0.609. The number of aromatic nitrogens is 4. The summed E-state index contributed by atoms with van der Waals surface area (Å²) in [5.41, 5.74) is 10.2. The van der Waals surface area contributed by atoms with Crippen molar-refractivity contribution in [2.75, 3.05) is 10.6 Å². The highest BCUT2D eigenvalue weighted by Gasteiger charge is 2.15. The summed E-state index contributed by atoms with van der Waals surface area (Å²) in [5, 5.41) is 7.87. The normalized spacial score (nSPS) is 11.0. The van der Waals surface area contributed by atoms with Crippen molar-refractivity contribution in [2.45, 2.75) is 12.8 Å². The van der Waals surface area contributed by atoms with Gasteiger partial charge in [-0.25, -0.2) is 19.9 Å². The molecule has 9 aromatic rings. The Kier molecular flexibility index (Phi) is 9.95. The molecule has 2 N–H and O–H groups in total. The Morgan fingerprint density at radius 2 is 0.707 bits per heavy atom. The zero-order valence-corrected chi connectivity index (χ0v) is 31.3. The number of anilines is 2. The van der Waals surface area contributed by atoms with Crippen LogP contribution in [0, 0.1) is 0 Å². The molecule has 0 bridgehead atoms. The first-order valence-corrected chi connectivity index (χ1v) is 19.1. The van der Waals surface area contributed by atoms with E-state index in [4.69, 9.17) is 19.9 Å². The van der Waals surface area contributed by atoms with E-state index in [1.807, 2.05) is 158 Å². The lowest BCUT2D eigenvalue weighted by molar-refractivity contribution is -0.116. The van der Waals surface area contributed by atoms with Crippen molar-refractivity contribution in [1.82, 2.24) is 19.9 Å². The minimum Gasteiger partial charge on any atom is -0.326 e. The third-order valence-electron chi connectivity index (χ3n) is 9.91. The maximum atomic E-state index is 12.7. The average molecular weight is 753 g/mol. The van der Waals surface area contributed by atoms with Crippen molar-refractivity contribution in [2.24, 2.45) is 0 Å². The molecule has 278 valence electrons. The second kappa shape index (κ2) is 16.1. The minimum absolute atomic E-state index is 0.0755. The topological polar surface area (TPSA) is 110 Å². The molecule has 58 heavy (non-hydrogen) atoms. The first-order chi connectivity index (χ1) is 28.5. The second-order valence-electron chi connectivity index (χ2n) is 14.0. The van der Waals surface area contributed by atoms with Gasteiger partial charge in [-0.1, -0.05) is 121 Å². The molecule has 0 saturated heterocycles. The minimum atomic E-state index is -0.0755. The number of benzene rings is 7. The number of para-hydroxylation sites is 2. The molecule has 0 aliphatic heterocycles. The molecule has 0 radical (unpaired) electrons. The third kappa shape index (κ3) is 7.94. The molecule has 0 aliphatic rings. The van der Waals surface area contributed by atoms with Crippen LogP contribution < -0.4 is 10.6 Å². The average Bonchev–Trinajstić information content (AvgIpc) is 3.27. The predicted molar refractivity (Wildman–Crippen MR) is 232 cm³/mol. The Bertz CT molecular complexity index is 2700. The molecule has 2 amide bonds. The van der Waals surface area contributed by atoms with Crippen LogP contribution in [0.25, 0.3) is 67.1 Å². The molecule has 8 nitrogen and oxygen atoms in total. The molecule has 2 heterocycles. The third-order valence-corrected chi connectivity index (χ3v) is 9.91. The zero-order chi connectivity index (χ0) is 39.3. The van der Waals surface area contributed by atoms with Crippen LogP contribution in [-0.4, -0.2) is 31.8 Å². The number of hydrogen-bond acceptors (Lipinski definition) is 6. The van der Waals surface area contributed by atoms with E-state index in [0.717, 1.165) is 66.6 Å². The molecule has 0 saturated carbocycles. The Morgan fingerprint density at radius 3 is 1.10 bits per heavy atom. The fourth-order valence-corrected chi connectivity index (χ4v) is 7.02. The summed E-state index contributed by atoms with van der Waals surface area (Å²) in [7, 11) is 0. The molecule has 7 aromatic carbocycles. The van der Waals surface area contributed by atoms with Crippen LogP contribution in [0.4, 0.5) is 11.4 Å². The Balaban J connectivity index is 0.980. The first-order valence-electron chi connectivity index (χ1n) is 19.1. The summed E-state index contributed by atoms with van der Waals surface area (Å²) < 4.78 is 0. The van der Waals surface area contributed by atoms with Crippen LogP contribution in [0.1, 0.15) is 11.1 Å². The number of nitrogens with one attached hydrogen (secondary N) is 2. The van der Waals surface area contributed by atoms with Gasteiger partial charge in [0.25, 0.3) is 0 Å². The lowest BCUT2D eigenvalue weighted by Crippen LogP contribution is -2.14. The summed E-state index contributed by atoms with van der Waals surface area (Å²) in [5.74, 6) is 1.03. The summed E-state index contributed by atoms with van der Waals surface area (Å²) in [6.45, 7) is 0. The summed E-state index contributed by atoms with van der Waals surface area (Å²) >= 11 is 0. The lowest BCUT2D eigenvalue weighted by atomic mass is 10.0. The van der Waals surface area contributed by atoms with Gasteiger partial charge in [-0.2, -0.15) is 0 Å². The number of carbonyl (C=O) groups excluding carboxylic acids is 2. The van der Waals surface area contributed by atoms with Gasteiger partial charge in [-0.15, -0.1) is 0 Å². The van der Waals surface area contributed by atoms with E-state index in [9.17, 15) is 9.59 Å². The Morgan fingerprint density at radius 1 is 0.362 bits per heavy atom. The molecule has 2 aromatic heterocycles. The van der Waals surface area contributed by atoms with Crippen molar-refractivity contribution in [3.63, 3.8) is 0 Å². The van der Waals surface area contributed by atoms with Gasteiger partial charge in [0, 0.05) is 44.4 Å². The number of carbonyl (C=O) groups is 2. The smallest absolute Gasteiger partial charge is 0.228 e. The van der Waals surface area contributed by atoms with Gasteiger partial charge >= 0.3 is 0 Å². The van der Waals surface area contributed by atoms with Crippen LogP contribution >= 0.6 is 0 Å². The highest BCUT2D eigenvalue weighted by molar-refractivity contribution is 5.97. The van der Waals surface area contributed by atoms with Crippen LogP contribution in [0.15, 0.2) is 182 Å². The molecule has 0 fully saturated rings. The molecule has 0 aliphatic carbocycles. The fourth-order valence-electron chi connectivity index (χ4n) is 7.02. The maximum absolute atomic E-state index is 12.7. The Labute approximate surface area is 335 Å². The number of nitrogens with zero attached hydrogens (tertiary/aromatic N) is 4. The number of amides is 2. The summed E-state index contributed by atoms with van der Waals surface area (Å²) in [6, 6.07) is 58.9. The van der Waals surface area contributed by atoms with Gasteiger partial charge in [-0.3, -0.25) is 9.59 Å². The second-order valence-corrected chi connectivity index (χ2v) is 14.0. The van der Waals surface area contributed by atoms with Gasteiger partial charge < -0.3 is 10.6 Å². The van der Waals surface area contributed by atoms with Crippen molar-refractivity contribution in [3.8, 4) is 45.3 Å². The van der Waals surface area contributed by atoms with E-state index in [1.165, 1.54) is 0 Å². The molecule has 9 rings (SSSR count). The summed E-state index contributed by atoms with van der Waals surface area (Å²) in [4.78, 5) is 45.4. The van der Waals surface area contributed by atoms with E-state index >= 15 is 0 Å². The lowest BCUT2D eigenvalue weighted by Gasteiger charge is -2.12.